The maximum absolute atomic E-state index is 6.37. The Balaban J connectivity index is 0.00000736. The summed E-state index contributed by atoms with van der Waals surface area (Å²) >= 11 is 0. The largest absolute Gasteiger partial charge is 1.00 e. The van der Waals surface area contributed by atoms with Crippen LogP contribution in [0.1, 0.15) is 77.0 Å². The number of allylic oxidation sites excluding steroid dienone is 4. The molecule has 0 saturated carbocycles. The Labute approximate surface area is 284 Å². The average molecular weight is 651 g/mol. The van der Waals surface area contributed by atoms with Gasteiger partial charge in [-0.3, -0.25) is 0 Å². The molecule has 3 rings (SSSR count). The molecule has 0 N–H and O–H groups in total. The molecule has 0 aromatic heterocycles. The maximum atomic E-state index is 6.37. The van der Waals surface area contributed by atoms with E-state index in [2.05, 4.69) is 42.1 Å². The molecule has 0 unspecified atom stereocenters. The van der Waals surface area contributed by atoms with Gasteiger partial charge in [0.2, 0.25) is 17.7 Å². The minimum absolute atomic E-state index is 0. The van der Waals surface area contributed by atoms with Gasteiger partial charge >= 0.3 is 0 Å². The lowest BCUT2D eigenvalue weighted by atomic mass is 10.2. The van der Waals surface area contributed by atoms with Crippen molar-refractivity contribution in [1.29, 1.82) is 0 Å². The molecule has 0 radical (unpaired) electrons. The molecule has 2 aromatic carbocycles. The fraction of sp³-hybridized carbons (Fsp3) is 0.462. The monoisotopic (exact) mass is 650 g/mol. The van der Waals surface area contributed by atoms with E-state index in [-0.39, 0.29) is 12.4 Å². The van der Waals surface area contributed by atoms with E-state index in [1.807, 2.05) is 60.7 Å². The molecular formula is C39H55ClN2O4. The Kier molecular flexibility index (Phi) is 19.8. The zero-order chi connectivity index (χ0) is 32.0. The molecule has 2 aromatic rings. The number of halogens is 1. The lowest BCUT2D eigenvalue weighted by Crippen LogP contribution is -3.00. The molecule has 7 heteroatoms. The van der Waals surface area contributed by atoms with Gasteiger partial charge in [0, 0.05) is 0 Å². The molecule has 6 nitrogen and oxygen atoms in total. The third kappa shape index (κ3) is 13.0. The Morgan fingerprint density at radius 1 is 0.565 bits per heavy atom. The van der Waals surface area contributed by atoms with Crippen molar-refractivity contribution >= 4 is 17.7 Å². The van der Waals surface area contributed by atoms with Crippen molar-refractivity contribution in [2.24, 2.45) is 0 Å². The van der Waals surface area contributed by atoms with Gasteiger partial charge in [-0.1, -0.05) is 36.4 Å². The van der Waals surface area contributed by atoms with Gasteiger partial charge in [0.15, 0.2) is 23.0 Å². The predicted molar refractivity (Wildman–Crippen MR) is 189 cm³/mol. The topological polar surface area (TPSA) is 43.2 Å². The molecule has 1 aliphatic heterocycles. The number of anilines is 1. The molecule has 1 heterocycles. The SMILES string of the molecule is C=CCCCCOc1cccc(OCCCCC=C)c1N1C=[N+](c2c(OCCCCC=C)cccc2OCCCCC=C)CC1.[Cl-]. The van der Waals surface area contributed by atoms with Crippen molar-refractivity contribution in [3.63, 3.8) is 0 Å². The first-order valence-corrected chi connectivity index (χ1v) is 16.8. The molecule has 0 fully saturated rings. The first-order valence-electron chi connectivity index (χ1n) is 16.8. The van der Waals surface area contributed by atoms with Crippen molar-refractivity contribution in [1.82, 2.24) is 0 Å². The van der Waals surface area contributed by atoms with Gasteiger partial charge in [-0.15, -0.1) is 26.3 Å². The number of hydrogen-bond acceptors (Lipinski definition) is 5. The maximum Gasteiger partial charge on any atom is 0.245 e. The van der Waals surface area contributed by atoms with E-state index in [9.17, 15) is 0 Å². The van der Waals surface area contributed by atoms with Gasteiger partial charge in [-0.05, 0) is 101 Å². The summed E-state index contributed by atoms with van der Waals surface area (Å²) in [4.78, 5) is 2.24. The minimum atomic E-state index is 0. The summed E-state index contributed by atoms with van der Waals surface area (Å²) in [6, 6.07) is 12.2. The summed E-state index contributed by atoms with van der Waals surface area (Å²) in [6.07, 6.45) is 22.1. The second-order valence-corrected chi connectivity index (χ2v) is 11.2. The van der Waals surface area contributed by atoms with Gasteiger partial charge in [0.05, 0.1) is 26.4 Å². The number of nitrogens with zero attached hydrogens (tertiary/aromatic N) is 2. The smallest absolute Gasteiger partial charge is 0.245 e. The van der Waals surface area contributed by atoms with E-state index in [0.29, 0.717) is 26.4 Å². The van der Waals surface area contributed by atoms with Crippen LogP contribution < -0.4 is 36.3 Å². The highest BCUT2D eigenvalue weighted by molar-refractivity contribution is 5.85. The average Bonchev–Trinajstić information content (AvgIpc) is 3.54. The van der Waals surface area contributed by atoms with E-state index in [1.165, 1.54) is 0 Å². The Hall–Kier alpha value is -3.64. The summed E-state index contributed by atoms with van der Waals surface area (Å²) in [6.45, 7) is 19.5. The van der Waals surface area contributed by atoms with Crippen molar-refractivity contribution in [3.05, 3.63) is 87.0 Å². The molecule has 0 amide bonds. The number of unbranched alkanes of at least 4 members (excludes halogenated alkanes) is 8. The molecule has 1 aliphatic rings. The van der Waals surface area contributed by atoms with E-state index in [4.69, 9.17) is 18.9 Å². The molecule has 0 spiro atoms. The molecule has 252 valence electrons. The van der Waals surface area contributed by atoms with Crippen LogP contribution in [0.2, 0.25) is 0 Å². The van der Waals surface area contributed by atoms with Crippen LogP contribution in [0.5, 0.6) is 23.0 Å². The molecule has 0 bridgehead atoms. The second-order valence-electron chi connectivity index (χ2n) is 11.2. The van der Waals surface area contributed by atoms with Gasteiger partial charge in [-0.25, -0.2) is 9.48 Å². The summed E-state index contributed by atoms with van der Waals surface area (Å²) in [7, 11) is 0. The van der Waals surface area contributed by atoms with Gasteiger partial charge < -0.3 is 31.4 Å². The molecule has 0 atom stereocenters. The van der Waals surface area contributed by atoms with E-state index >= 15 is 0 Å². The second kappa shape index (κ2) is 23.7. The first kappa shape index (κ1) is 38.5. The summed E-state index contributed by atoms with van der Waals surface area (Å²) in [5.41, 5.74) is 1.92. The van der Waals surface area contributed by atoms with Crippen LogP contribution in [-0.2, 0) is 0 Å². The van der Waals surface area contributed by atoms with Crippen LogP contribution in [0.15, 0.2) is 87.0 Å². The highest BCUT2D eigenvalue weighted by Gasteiger charge is 2.32. The van der Waals surface area contributed by atoms with Crippen LogP contribution in [0.4, 0.5) is 11.4 Å². The van der Waals surface area contributed by atoms with E-state index in [0.717, 1.165) is 125 Å². The third-order valence-electron chi connectivity index (χ3n) is 7.60. The first-order chi connectivity index (χ1) is 22.2. The lowest BCUT2D eigenvalue weighted by molar-refractivity contribution is -0.425. The summed E-state index contributed by atoms with van der Waals surface area (Å²) < 4.78 is 27.7. The van der Waals surface area contributed by atoms with Gasteiger partial charge in [-0.2, -0.15) is 0 Å². The van der Waals surface area contributed by atoms with Gasteiger partial charge in [0.25, 0.3) is 0 Å². The predicted octanol–water partition coefficient (Wildman–Crippen LogP) is 6.82. The molecule has 0 saturated heterocycles. The van der Waals surface area contributed by atoms with Crippen molar-refractivity contribution in [3.8, 4) is 23.0 Å². The number of para-hydroxylation sites is 2. The zero-order valence-electron chi connectivity index (χ0n) is 27.8. The minimum Gasteiger partial charge on any atom is -1.00 e. The molecular weight excluding hydrogens is 596 g/mol. The van der Waals surface area contributed by atoms with Crippen molar-refractivity contribution < 1.29 is 35.9 Å². The highest BCUT2D eigenvalue weighted by Crippen LogP contribution is 2.42. The standard InChI is InChI=1S/C39H55N2O4.ClH/c1-5-9-13-17-29-42-34-23-21-24-35(43-30-18-14-10-6-2)38(34)40-27-28-41(33-40)39-36(44-31-19-15-11-7-3)25-22-26-37(39)45-32-20-16-12-8-4;/h5-8,21-26,33H,1-4,9-20,27-32H2;1H/q+1;/p-1. The highest BCUT2D eigenvalue weighted by atomic mass is 35.5. The van der Waals surface area contributed by atoms with Crippen LogP contribution in [-0.4, -0.2) is 50.4 Å². The Morgan fingerprint density at radius 2 is 0.935 bits per heavy atom. The van der Waals surface area contributed by atoms with Crippen LogP contribution >= 0.6 is 0 Å². The zero-order valence-corrected chi connectivity index (χ0v) is 28.6. The number of rotatable bonds is 26. The Bertz CT molecular complexity index is 1160. The van der Waals surface area contributed by atoms with Crippen LogP contribution in [0.25, 0.3) is 0 Å². The molecule has 46 heavy (non-hydrogen) atoms. The fourth-order valence-electron chi connectivity index (χ4n) is 5.17. The summed E-state index contributed by atoms with van der Waals surface area (Å²) in [5, 5.41) is 0. The number of benzene rings is 2. The third-order valence-corrected chi connectivity index (χ3v) is 7.60. The number of ether oxygens (including phenoxy) is 4. The normalized spacial score (nSPS) is 12.1. The van der Waals surface area contributed by atoms with Crippen LogP contribution in [0.3, 0.4) is 0 Å². The fourth-order valence-corrected chi connectivity index (χ4v) is 5.17. The molecule has 0 aliphatic carbocycles. The quantitative estimate of drug-likeness (QED) is 0.0635. The van der Waals surface area contributed by atoms with Crippen molar-refractivity contribution in [2.45, 2.75) is 77.0 Å². The lowest BCUT2D eigenvalue weighted by Gasteiger charge is -2.18. The van der Waals surface area contributed by atoms with E-state index in [1.54, 1.807) is 0 Å². The Morgan fingerprint density at radius 3 is 1.33 bits per heavy atom. The van der Waals surface area contributed by atoms with Gasteiger partial charge in [0.1, 0.15) is 13.1 Å². The van der Waals surface area contributed by atoms with Crippen molar-refractivity contribution in [2.75, 3.05) is 44.4 Å². The summed E-state index contributed by atoms with van der Waals surface area (Å²) in [5.74, 6) is 3.34. The number of hydrogen-bond donors (Lipinski definition) is 0. The van der Waals surface area contributed by atoms with E-state index < -0.39 is 0 Å². The van der Waals surface area contributed by atoms with Crippen LogP contribution in [0, 0.1) is 0 Å².